The lowest BCUT2D eigenvalue weighted by atomic mass is 9.46. The summed E-state index contributed by atoms with van der Waals surface area (Å²) in [5, 5.41) is 10.2. The predicted octanol–water partition coefficient (Wildman–Crippen LogP) is 4.43. The van der Waals surface area contributed by atoms with Gasteiger partial charge in [0.15, 0.2) is 12.1 Å². The highest BCUT2D eigenvalue weighted by molar-refractivity contribution is 5.91. The van der Waals surface area contributed by atoms with Crippen molar-refractivity contribution in [3.05, 3.63) is 36.5 Å². The van der Waals surface area contributed by atoms with Crippen molar-refractivity contribution < 1.29 is 14.6 Å². The van der Waals surface area contributed by atoms with E-state index in [4.69, 9.17) is 4.74 Å². The molecule has 3 heteroatoms. The summed E-state index contributed by atoms with van der Waals surface area (Å²) < 4.78 is 6.36. The zero-order valence-corrected chi connectivity index (χ0v) is 16.8. The normalized spacial score (nSPS) is 55.9. The number of fused-ring (bicyclic) bond motifs is 9. The molecular weight excluding hydrogens is 348 g/mol. The Balaban J connectivity index is 1.44. The minimum absolute atomic E-state index is 0.155. The molecule has 28 heavy (non-hydrogen) atoms. The van der Waals surface area contributed by atoms with Gasteiger partial charge < -0.3 is 9.84 Å². The lowest BCUT2D eigenvalue weighted by molar-refractivity contribution is -0.204. The molecule has 1 heterocycles. The first-order valence-electron chi connectivity index (χ1n) is 11.5. The molecule has 4 unspecified atom stereocenters. The summed E-state index contributed by atoms with van der Waals surface area (Å²) in [5.74, 6) is 4.73. The van der Waals surface area contributed by atoms with Gasteiger partial charge in [-0.25, -0.2) is 0 Å². The van der Waals surface area contributed by atoms with Gasteiger partial charge in [0.1, 0.15) is 0 Å². The molecule has 0 aromatic rings. The number of carbonyl (C=O) groups excluding carboxylic acids is 1. The zero-order chi connectivity index (χ0) is 19.3. The lowest BCUT2D eigenvalue weighted by Gasteiger charge is -2.60. The Hall–Kier alpha value is -1.19. The molecule has 4 saturated carbocycles. The number of hydrogen-bond acceptors (Lipinski definition) is 3. The lowest BCUT2D eigenvalue weighted by Crippen LogP contribution is -2.57. The summed E-state index contributed by atoms with van der Waals surface area (Å²) in [4.78, 5) is 12.1. The van der Waals surface area contributed by atoms with Crippen molar-refractivity contribution in [2.45, 2.75) is 63.8 Å². The Bertz CT molecular complexity index is 796. The minimum Gasteiger partial charge on any atom is -0.365 e. The van der Waals surface area contributed by atoms with Crippen molar-refractivity contribution in [1.29, 1.82) is 0 Å². The molecule has 0 aromatic carbocycles. The largest absolute Gasteiger partial charge is 0.365 e. The minimum atomic E-state index is -0.735. The fourth-order valence-electron chi connectivity index (χ4n) is 9.00. The van der Waals surface area contributed by atoms with Gasteiger partial charge in [-0.15, -0.1) is 6.58 Å². The molecule has 10 atom stereocenters. The maximum Gasteiger partial charge on any atom is 0.175 e. The number of aliphatic hydroxyl groups is 1. The first kappa shape index (κ1) is 17.7. The van der Waals surface area contributed by atoms with E-state index in [2.05, 4.69) is 25.7 Å². The zero-order valence-electron chi connectivity index (χ0n) is 16.8. The molecule has 5 aliphatic carbocycles. The van der Waals surface area contributed by atoms with Crippen LogP contribution in [0, 0.1) is 46.8 Å². The van der Waals surface area contributed by atoms with Crippen LogP contribution in [-0.4, -0.2) is 22.8 Å². The van der Waals surface area contributed by atoms with E-state index >= 15 is 0 Å². The van der Waals surface area contributed by atoms with Gasteiger partial charge >= 0.3 is 0 Å². The number of carbonyl (C=O) groups is 1. The highest BCUT2D eigenvalue weighted by Gasteiger charge is 2.78. The number of rotatable bonds is 2. The second-order valence-electron chi connectivity index (χ2n) is 10.4. The van der Waals surface area contributed by atoms with Gasteiger partial charge in [-0.1, -0.05) is 24.6 Å². The molecule has 3 nitrogen and oxygen atoms in total. The summed E-state index contributed by atoms with van der Waals surface area (Å²) in [6, 6.07) is 0. The van der Waals surface area contributed by atoms with Gasteiger partial charge in [0.2, 0.25) is 0 Å². The topological polar surface area (TPSA) is 46.5 Å². The third-order valence-electron chi connectivity index (χ3n) is 9.87. The average Bonchev–Trinajstić information content (AvgIpc) is 3.34. The highest BCUT2D eigenvalue weighted by Crippen LogP contribution is 2.79. The van der Waals surface area contributed by atoms with Crippen molar-refractivity contribution >= 4 is 5.78 Å². The van der Waals surface area contributed by atoms with Crippen LogP contribution in [0.5, 0.6) is 0 Å². The standard InChI is InChI=1S/C25H32O3/c1-3-14-11-15-12-16(26)5-6-17(15)18-7-9-24(4-2)23(22(14)18)19-13-20(19)25(24)10-8-21(27)28-25/h3,8,10,12,14,17-23,27H,1,4-7,9,11,13H2,2H3/t14-,17-,18?,19-,20+,21?,22?,23?,24-,25-/m0/s1. The van der Waals surface area contributed by atoms with Crippen LogP contribution >= 0.6 is 0 Å². The molecule has 6 aliphatic rings. The fraction of sp³-hybridized carbons (Fsp3) is 0.720. The molecule has 0 radical (unpaired) electrons. The van der Waals surface area contributed by atoms with Crippen LogP contribution in [0.1, 0.15) is 51.9 Å². The van der Waals surface area contributed by atoms with Crippen LogP contribution in [0.4, 0.5) is 0 Å². The van der Waals surface area contributed by atoms with E-state index in [-0.39, 0.29) is 11.0 Å². The van der Waals surface area contributed by atoms with Gasteiger partial charge in [0.25, 0.3) is 0 Å². The van der Waals surface area contributed by atoms with Crippen LogP contribution in [0.25, 0.3) is 0 Å². The van der Waals surface area contributed by atoms with E-state index < -0.39 is 6.29 Å². The predicted molar refractivity (Wildman–Crippen MR) is 107 cm³/mol. The van der Waals surface area contributed by atoms with E-state index in [1.54, 1.807) is 0 Å². The summed E-state index contributed by atoms with van der Waals surface area (Å²) in [6.45, 7) is 6.58. The van der Waals surface area contributed by atoms with Crippen molar-refractivity contribution in [3.8, 4) is 0 Å². The van der Waals surface area contributed by atoms with Crippen LogP contribution in [0.15, 0.2) is 36.5 Å². The Kier molecular flexibility index (Phi) is 3.59. The Labute approximate surface area is 167 Å². The number of hydrogen-bond donors (Lipinski definition) is 1. The van der Waals surface area contributed by atoms with Gasteiger partial charge in [-0.3, -0.25) is 4.79 Å². The average molecular weight is 381 g/mol. The second kappa shape index (κ2) is 5.70. The van der Waals surface area contributed by atoms with E-state index in [1.807, 2.05) is 12.2 Å². The molecule has 150 valence electrons. The first-order chi connectivity index (χ1) is 13.5. The molecule has 0 bridgehead atoms. The third-order valence-corrected chi connectivity index (χ3v) is 9.87. The second-order valence-corrected chi connectivity index (χ2v) is 10.4. The van der Waals surface area contributed by atoms with Crippen LogP contribution < -0.4 is 0 Å². The molecule has 1 N–H and O–H groups in total. The maximum atomic E-state index is 12.1. The molecule has 0 saturated heterocycles. The molecular formula is C25H32O3. The number of ketones is 1. The number of ether oxygens (including phenoxy) is 1. The summed E-state index contributed by atoms with van der Waals surface area (Å²) in [6.07, 6.45) is 15.2. The highest BCUT2D eigenvalue weighted by atomic mass is 16.6. The maximum absolute atomic E-state index is 12.1. The third kappa shape index (κ3) is 1.96. The monoisotopic (exact) mass is 380 g/mol. The van der Waals surface area contributed by atoms with E-state index in [0.29, 0.717) is 41.3 Å². The van der Waals surface area contributed by atoms with Crippen LogP contribution in [0.2, 0.25) is 0 Å². The Morgan fingerprint density at radius 2 is 2.21 bits per heavy atom. The Morgan fingerprint density at radius 3 is 2.93 bits per heavy atom. The molecule has 1 spiro atoms. The van der Waals surface area contributed by atoms with Crippen molar-refractivity contribution in [2.24, 2.45) is 46.8 Å². The molecule has 6 rings (SSSR count). The van der Waals surface area contributed by atoms with Gasteiger partial charge in [-0.2, -0.15) is 0 Å². The Morgan fingerprint density at radius 1 is 1.36 bits per heavy atom. The van der Waals surface area contributed by atoms with Gasteiger partial charge in [0, 0.05) is 11.8 Å². The first-order valence-corrected chi connectivity index (χ1v) is 11.5. The van der Waals surface area contributed by atoms with Crippen molar-refractivity contribution in [1.82, 2.24) is 0 Å². The van der Waals surface area contributed by atoms with E-state index in [0.717, 1.165) is 31.6 Å². The number of allylic oxidation sites excluding steroid dienone is 2. The van der Waals surface area contributed by atoms with Gasteiger partial charge in [-0.05, 0) is 92.1 Å². The van der Waals surface area contributed by atoms with Crippen molar-refractivity contribution in [3.63, 3.8) is 0 Å². The van der Waals surface area contributed by atoms with Crippen LogP contribution in [-0.2, 0) is 9.53 Å². The summed E-state index contributed by atoms with van der Waals surface area (Å²) >= 11 is 0. The molecule has 0 amide bonds. The smallest absolute Gasteiger partial charge is 0.175 e. The van der Waals surface area contributed by atoms with Crippen LogP contribution in [0.3, 0.4) is 0 Å². The van der Waals surface area contributed by atoms with E-state index in [9.17, 15) is 9.90 Å². The molecule has 1 aliphatic heterocycles. The van der Waals surface area contributed by atoms with Gasteiger partial charge in [0.05, 0.1) is 5.60 Å². The number of aliphatic hydroxyl groups excluding tert-OH is 1. The molecule has 4 fully saturated rings. The quantitative estimate of drug-likeness (QED) is 0.721. The fourth-order valence-corrected chi connectivity index (χ4v) is 9.00. The SMILES string of the molecule is C=C[C@H]1CC2=CC(=O)CC[C@@H]2C2CC[C@@]3(CC)C(C21)[C@H]1C[C@H]1[C@@]31C=CC(O)O1. The van der Waals surface area contributed by atoms with Crippen molar-refractivity contribution in [2.75, 3.05) is 0 Å². The summed E-state index contributed by atoms with van der Waals surface area (Å²) in [5.41, 5.74) is 1.33. The summed E-state index contributed by atoms with van der Waals surface area (Å²) in [7, 11) is 0. The molecule has 0 aromatic heterocycles. The van der Waals surface area contributed by atoms with E-state index in [1.165, 1.54) is 24.8 Å².